The van der Waals surface area contributed by atoms with Crippen molar-refractivity contribution in [2.75, 3.05) is 26.2 Å². The van der Waals surface area contributed by atoms with Gasteiger partial charge in [0.05, 0.1) is 12.2 Å². The summed E-state index contributed by atoms with van der Waals surface area (Å²) in [6.07, 6.45) is 4.88. The number of piperidine rings is 1. The standard InChI is InChI=1S/C29H28ClNO4/c30-22-10-8-20(9-11-22)28-27(25-13-12-23(32)19-26(25)35-29(28)33)21-6-4-7-24(18-21)34-17-5-16-31-14-2-1-3-15-31/h4,6-13,18-19,32H,1-3,5,14-17H2. The molecule has 0 spiro atoms. The average Bonchev–Trinajstić information content (AvgIpc) is 2.87. The Morgan fingerprint density at radius 2 is 1.71 bits per heavy atom. The van der Waals surface area contributed by atoms with E-state index in [9.17, 15) is 9.90 Å². The van der Waals surface area contributed by atoms with Gasteiger partial charge in [0, 0.05) is 28.6 Å². The molecule has 0 saturated carbocycles. The smallest absolute Gasteiger partial charge is 0.344 e. The molecule has 1 aliphatic heterocycles. The lowest BCUT2D eigenvalue weighted by molar-refractivity contribution is 0.205. The second kappa shape index (κ2) is 10.5. The minimum atomic E-state index is -0.478. The van der Waals surface area contributed by atoms with Gasteiger partial charge >= 0.3 is 5.63 Å². The third-order valence-electron chi connectivity index (χ3n) is 6.48. The summed E-state index contributed by atoms with van der Waals surface area (Å²) < 4.78 is 11.7. The molecule has 2 heterocycles. The molecule has 1 fully saturated rings. The number of likely N-dealkylation sites (tertiary alicyclic amines) is 1. The number of benzene rings is 3. The van der Waals surface area contributed by atoms with Crippen LogP contribution in [0.1, 0.15) is 25.7 Å². The largest absolute Gasteiger partial charge is 0.508 e. The Kier molecular flexibility index (Phi) is 7.07. The first-order chi connectivity index (χ1) is 17.1. The van der Waals surface area contributed by atoms with E-state index >= 15 is 0 Å². The zero-order chi connectivity index (χ0) is 24.2. The van der Waals surface area contributed by atoms with Crippen LogP contribution in [0, 0.1) is 0 Å². The van der Waals surface area contributed by atoms with Crippen molar-refractivity contribution in [2.45, 2.75) is 25.7 Å². The Bertz CT molecular complexity index is 1370. The number of rotatable bonds is 7. The number of phenols is 1. The first kappa shape index (κ1) is 23.5. The van der Waals surface area contributed by atoms with Crippen molar-refractivity contribution in [1.82, 2.24) is 4.90 Å². The third-order valence-corrected chi connectivity index (χ3v) is 6.73. The Balaban J connectivity index is 1.49. The summed E-state index contributed by atoms with van der Waals surface area (Å²) in [5.41, 5.74) is 2.58. The zero-order valence-electron chi connectivity index (χ0n) is 19.5. The van der Waals surface area contributed by atoms with Crippen molar-refractivity contribution in [3.63, 3.8) is 0 Å². The average molecular weight is 490 g/mol. The van der Waals surface area contributed by atoms with Crippen molar-refractivity contribution in [1.29, 1.82) is 0 Å². The van der Waals surface area contributed by atoms with Crippen molar-refractivity contribution < 1.29 is 14.3 Å². The lowest BCUT2D eigenvalue weighted by Crippen LogP contribution is -2.31. The van der Waals surface area contributed by atoms with Crippen LogP contribution in [0.15, 0.2) is 75.9 Å². The molecule has 5 nitrogen and oxygen atoms in total. The molecular formula is C29H28ClNO4. The van der Waals surface area contributed by atoms with Gasteiger partial charge in [0.2, 0.25) is 0 Å². The van der Waals surface area contributed by atoms with E-state index in [1.807, 2.05) is 36.4 Å². The van der Waals surface area contributed by atoms with Gasteiger partial charge in [0.15, 0.2) is 0 Å². The van der Waals surface area contributed by atoms with Gasteiger partial charge in [-0.25, -0.2) is 4.79 Å². The van der Waals surface area contributed by atoms with Gasteiger partial charge < -0.3 is 19.2 Å². The van der Waals surface area contributed by atoms with Crippen LogP contribution in [0.2, 0.25) is 5.02 Å². The molecule has 1 saturated heterocycles. The molecule has 3 aromatic carbocycles. The van der Waals surface area contributed by atoms with Crippen molar-refractivity contribution >= 4 is 22.6 Å². The summed E-state index contributed by atoms with van der Waals surface area (Å²) in [6.45, 7) is 4.05. The summed E-state index contributed by atoms with van der Waals surface area (Å²) in [5.74, 6) is 0.792. The SMILES string of the molecule is O=c1oc2cc(O)ccc2c(-c2cccc(OCCCN3CCCCC3)c2)c1-c1ccc(Cl)cc1. The summed E-state index contributed by atoms with van der Waals surface area (Å²) in [7, 11) is 0. The highest BCUT2D eigenvalue weighted by atomic mass is 35.5. The molecular weight excluding hydrogens is 462 g/mol. The number of aromatic hydroxyl groups is 1. The van der Waals surface area contributed by atoms with E-state index in [-0.39, 0.29) is 5.75 Å². The molecule has 1 aliphatic rings. The van der Waals surface area contributed by atoms with Gasteiger partial charge in [0.25, 0.3) is 0 Å². The van der Waals surface area contributed by atoms with E-state index in [0.29, 0.717) is 28.3 Å². The van der Waals surface area contributed by atoms with E-state index in [4.69, 9.17) is 20.8 Å². The molecule has 1 N–H and O–H groups in total. The molecule has 0 atom stereocenters. The first-order valence-corrected chi connectivity index (χ1v) is 12.5. The summed E-state index contributed by atoms with van der Waals surface area (Å²) in [6, 6.07) is 19.7. The molecule has 1 aromatic heterocycles. The van der Waals surface area contributed by atoms with Crippen LogP contribution < -0.4 is 10.4 Å². The molecule has 0 bridgehead atoms. The summed E-state index contributed by atoms with van der Waals surface area (Å²) in [4.78, 5) is 15.7. The maximum atomic E-state index is 13.2. The molecule has 0 amide bonds. The normalized spacial score (nSPS) is 14.3. The lowest BCUT2D eigenvalue weighted by Gasteiger charge is -2.26. The van der Waals surface area contributed by atoms with Crippen LogP contribution in [0.3, 0.4) is 0 Å². The molecule has 4 aromatic rings. The van der Waals surface area contributed by atoms with Crippen molar-refractivity contribution in [2.24, 2.45) is 0 Å². The molecule has 180 valence electrons. The van der Waals surface area contributed by atoms with Crippen LogP contribution in [0.5, 0.6) is 11.5 Å². The molecule has 35 heavy (non-hydrogen) atoms. The van der Waals surface area contributed by atoms with E-state index in [1.54, 1.807) is 24.3 Å². The Morgan fingerprint density at radius 3 is 2.51 bits per heavy atom. The van der Waals surface area contributed by atoms with Gasteiger partial charge in [-0.1, -0.05) is 42.3 Å². The molecule has 6 heteroatoms. The highest BCUT2D eigenvalue weighted by Gasteiger charge is 2.19. The van der Waals surface area contributed by atoms with Crippen molar-refractivity contribution in [3.05, 3.63) is 82.2 Å². The number of ether oxygens (including phenoxy) is 1. The first-order valence-electron chi connectivity index (χ1n) is 12.1. The van der Waals surface area contributed by atoms with Crippen LogP contribution in [0.25, 0.3) is 33.2 Å². The third kappa shape index (κ3) is 5.37. The predicted octanol–water partition coefficient (Wildman–Crippen LogP) is 6.74. The Hall–Kier alpha value is -3.28. The number of phenolic OH excluding ortho intramolecular Hbond substituents is 1. The van der Waals surface area contributed by atoms with E-state index in [2.05, 4.69) is 4.90 Å². The summed E-state index contributed by atoms with van der Waals surface area (Å²) in [5, 5.41) is 11.3. The number of hydrogen-bond acceptors (Lipinski definition) is 5. The number of hydrogen-bond donors (Lipinski definition) is 1. The van der Waals surface area contributed by atoms with E-state index in [1.165, 1.54) is 38.4 Å². The van der Waals surface area contributed by atoms with Gasteiger partial charge in [0.1, 0.15) is 17.1 Å². The fourth-order valence-corrected chi connectivity index (χ4v) is 4.90. The Labute approximate surface area is 209 Å². The van der Waals surface area contributed by atoms with Crippen LogP contribution in [-0.2, 0) is 0 Å². The fourth-order valence-electron chi connectivity index (χ4n) is 4.77. The number of fused-ring (bicyclic) bond motifs is 1. The van der Waals surface area contributed by atoms with Crippen molar-refractivity contribution in [3.8, 4) is 33.8 Å². The second-order valence-corrected chi connectivity index (χ2v) is 9.40. The van der Waals surface area contributed by atoms with E-state index in [0.717, 1.165) is 35.2 Å². The maximum Gasteiger partial charge on any atom is 0.344 e. The van der Waals surface area contributed by atoms with Gasteiger partial charge in [-0.15, -0.1) is 0 Å². The summed E-state index contributed by atoms with van der Waals surface area (Å²) >= 11 is 6.09. The molecule has 0 radical (unpaired) electrons. The minimum absolute atomic E-state index is 0.0385. The number of nitrogens with zero attached hydrogens (tertiary/aromatic N) is 1. The predicted molar refractivity (Wildman–Crippen MR) is 140 cm³/mol. The minimum Gasteiger partial charge on any atom is -0.508 e. The lowest BCUT2D eigenvalue weighted by atomic mass is 9.93. The maximum absolute atomic E-state index is 13.2. The van der Waals surface area contributed by atoms with Crippen LogP contribution in [-0.4, -0.2) is 36.2 Å². The molecule has 5 rings (SSSR count). The molecule has 0 aliphatic carbocycles. The quantitative estimate of drug-likeness (QED) is 0.230. The van der Waals surface area contributed by atoms with Gasteiger partial charge in [-0.3, -0.25) is 0 Å². The van der Waals surface area contributed by atoms with Gasteiger partial charge in [-0.05, 0) is 79.9 Å². The molecule has 0 unspecified atom stereocenters. The highest BCUT2D eigenvalue weighted by Crippen LogP contribution is 2.38. The Morgan fingerprint density at radius 1 is 0.914 bits per heavy atom. The number of halogens is 1. The highest BCUT2D eigenvalue weighted by molar-refractivity contribution is 6.30. The van der Waals surface area contributed by atoms with Crippen LogP contribution >= 0.6 is 11.6 Å². The van der Waals surface area contributed by atoms with E-state index < -0.39 is 5.63 Å². The zero-order valence-corrected chi connectivity index (χ0v) is 20.3. The topological polar surface area (TPSA) is 62.9 Å². The fraction of sp³-hybridized carbons (Fsp3) is 0.276. The monoisotopic (exact) mass is 489 g/mol. The van der Waals surface area contributed by atoms with Gasteiger partial charge in [-0.2, -0.15) is 0 Å². The van der Waals surface area contributed by atoms with Crippen LogP contribution in [0.4, 0.5) is 0 Å². The second-order valence-electron chi connectivity index (χ2n) is 8.96.